The van der Waals surface area contributed by atoms with Gasteiger partial charge in [0.05, 0.1) is 0 Å². The molecule has 2 nitrogen and oxygen atoms in total. The number of hydrogen-bond acceptors (Lipinski definition) is 2. The molecule has 2 aromatic rings. The molecule has 0 saturated heterocycles. The highest BCUT2D eigenvalue weighted by Gasteiger charge is 2.07. The van der Waals surface area contributed by atoms with Gasteiger partial charge in [-0.25, -0.2) is 0 Å². The summed E-state index contributed by atoms with van der Waals surface area (Å²) in [6.07, 6.45) is 3.47. The molecule has 0 aliphatic rings. The lowest BCUT2D eigenvalue weighted by Gasteiger charge is -2.07. The zero-order valence-corrected chi connectivity index (χ0v) is 10.6. The number of hydrogen-bond donors (Lipinski definition) is 2. The number of unbranched alkanes of at least 4 members (excludes halogenated alkanes) is 1. The molecule has 2 aromatic carbocycles. The van der Waals surface area contributed by atoms with Crippen LogP contribution in [-0.4, -0.2) is 10.2 Å². The lowest BCUT2D eigenvalue weighted by atomic mass is 10.0. The smallest absolute Gasteiger partial charge is 0.165 e. The Kier molecular flexibility index (Phi) is 3.88. The first-order valence-electron chi connectivity index (χ1n) is 6.32. The topological polar surface area (TPSA) is 40.5 Å². The largest absolute Gasteiger partial charge is 0.504 e. The average Bonchev–Trinajstić information content (AvgIpc) is 2.40. The number of rotatable bonds is 4. The summed E-state index contributed by atoms with van der Waals surface area (Å²) in [6, 6.07) is 13.1. The molecule has 0 saturated carbocycles. The molecule has 0 spiro atoms. The minimum absolute atomic E-state index is 0.0567. The Labute approximate surface area is 108 Å². The van der Waals surface area contributed by atoms with E-state index in [0.29, 0.717) is 5.56 Å². The van der Waals surface area contributed by atoms with E-state index in [9.17, 15) is 10.2 Å². The van der Waals surface area contributed by atoms with Gasteiger partial charge < -0.3 is 10.2 Å². The molecule has 94 valence electrons. The van der Waals surface area contributed by atoms with E-state index in [1.54, 1.807) is 12.1 Å². The van der Waals surface area contributed by atoms with Gasteiger partial charge >= 0.3 is 0 Å². The zero-order valence-electron chi connectivity index (χ0n) is 10.6. The maximum Gasteiger partial charge on any atom is 0.165 e. The summed E-state index contributed by atoms with van der Waals surface area (Å²) < 4.78 is 0. The molecule has 0 fully saturated rings. The Hall–Kier alpha value is -1.96. The summed E-state index contributed by atoms with van der Waals surface area (Å²) in [5.74, 6) is -0.138. The molecule has 0 unspecified atom stereocenters. The average molecular weight is 242 g/mol. The van der Waals surface area contributed by atoms with Crippen LogP contribution >= 0.6 is 0 Å². The fourth-order valence-electron chi connectivity index (χ4n) is 2.00. The van der Waals surface area contributed by atoms with E-state index in [2.05, 4.69) is 19.1 Å². The molecule has 0 aromatic heterocycles. The summed E-state index contributed by atoms with van der Waals surface area (Å²) in [4.78, 5) is 0. The zero-order chi connectivity index (χ0) is 13.0. The maximum atomic E-state index is 9.81. The number of aromatic hydroxyl groups is 2. The van der Waals surface area contributed by atoms with E-state index in [1.807, 2.05) is 12.1 Å². The van der Waals surface area contributed by atoms with Gasteiger partial charge in [-0.1, -0.05) is 49.7 Å². The van der Waals surface area contributed by atoms with Crippen LogP contribution in [0.3, 0.4) is 0 Å². The Morgan fingerprint density at radius 1 is 0.944 bits per heavy atom. The minimum atomic E-state index is -0.0810. The SMILES string of the molecule is CCCCc1ccc(-c2cccc(O)c2O)cc1. The van der Waals surface area contributed by atoms with Gasteiger partial charge in [0.25, 0.3) is 0 Å². The van der Waals surface area contributed by atoms with E-state index in [0.717, 1.165) is 12.0 Å². The molecule has 0 aliphatic heterocycles. The van der Waals surface area contributed by atoms with Crippen molar-refractivity contribution in [3.8, 4) is 22.6 Å². The molecule has 0 atom stereocenters. The second-order valence-electron chi connectivity index (χ2n) is 4.47. The molecule has 0 aliphatic carbocycles. The van der Waals surface area contributed by atoms with Crippen molar-refractivity contribution in [2.75, 3.05) is 0 Å². The first-order chi connectivity index (χ1) is 8.72. The van der Waals surface area contributed by atoms with Crippen LogP contribution in [0.4, 0.5) is 0 Å². The van der Waals surface area contributed by atoms with Gasteiger partial charge in [0.1, 0.15) is 0 Å². The highest BCUT2D eigenvalue weighted by atomic mass is 16.3. The van der Waals surface area contributed by atoms with Crippen molar-refractivity contribution in [1.82, 2.24) is 0 Å². The molecule has 18 heavy (non-hydrogen) atoms. The van der Waals surface area contributed by atoms with E-state index in [-0.39, 0.29) is 11.5 Å². The number of phenolic OH excluding ortho intramolecular Hbond substituents is 2. The van der Waals surface area contributed by atoms with Gasteiger partial charge in [-0.3, -0.25) is 0 Å². The summed E-state index contributed by atoms with van der Waals surface area (Å²) in [6.45, 7) is 2.18. The Balaban J connectivity index is 2.26. The highest BCUT2D eigenvalue weighted by molar-refractivity contribution is 5.73. The number of phenols is 2. The molecule has 0 heterocycles. The fraction of sp³-hybridized carbons (Fsp3) is 0.250. The Morgan fingerprint density at radius 2 is 1.67 bits per heavy atom. The van der Waals surface area contributed by atoms with Gasteiger partial charge in [-0.15, -0.1) is 0 Å². The van der Waals surface area contributed by atoms with Gasteiger partial charge in [-0.05, 0) is 30.0 Å². The van der Waals surface area contributed by atoms with Crippen molar-refractivity contribution in [3.05, 3.63) is 48.0 Å². The van der Waals surface area contributed by atoms with E-state index in [4.69, 9.17) is 0 Å². The van der Waals surface area contributed by atoms with Crippen molar-refractivity contribution in [2.45, 2.75) is 26.2 Å². The predicted molar refractivity (Wildman–Crippen MR) is 73.8 cm³/mol. The van der Waals surface area contributed by atoms with E-state index in [1.165, 1.54) is 24.5 Å². The lowest BCUT2D eigenvalue weighted by Crippen LogP contribution is -1.85. The summed E-state index contributed by atoms with van der Waals surface area (Å²) in [7, 11) is 0. The van der Waals surface area contributed by atoms with Gasteiger partial charge in [-0.2, -0.15) is 0 Å². The van der Waals surface area contributed by atoms with Crippen LogP contribution in [0.1, 0.15) is 25.3 Å². The second kappa shape index (κ2) is 5.58. The van der Waals surface area contributed by atoms with Crippen LogP contribution < -0.4 is 0 Å². The van der Waals surface area contributed by atoms with Gasteiger partial charge in [0.2, 0.25) is 0 Å². The molecule has 2 heteroatoms. The van der Waals surface area contributed by atoms with Crippen LogP contribution in [0.25, 0.3) is 11.1 Å². The van der Waals surface area contributed by atoms with Gasteiger partial charge in [0.15, 0.2) is 11.5 Å². The predicted octanol–water partition coefficient (Wildman–Crippen LogP) is 4.11. The van der Waals surface area contributed by atoms with Crippen molar-refractivity contribution in [1.29, 1.82) is 0 Å². The van der Waals surface area contributed by atoms with Gasteiger partial charge in [0, 0.05) is 5.56 Å². The molecule has 2 rings (SSSR count). The van der Waals surface area contributed by atoms with Crippen molar-refractivity contribution >= 4 is 0 Å². The van der Waals surface area contributed by atoms with Crippen molar-refractivity contribution in [3.63, 3.8) is 0 Å². The summed E-state index contributed by atoms with van der Waals surface area (Å²) >= 11 is 0. The number of aryl methyl sites for hydroxylation is 1. The van der Waals surface area contributed by atoms with Crippen LogP contribution in [0.15, 0.2) is 42.5 Å². The minimum Gasteiger partial charge on any atom is -0.504 e. The first kappa shape index (κ1) is 12.5. The fourth-order valence-corrected chi connectivity index (χ4v) is 2.00. The van der Waals surface area contributed by atoms with Crippen molar-refractivity contribution in [2.24, 2.45) is 0 Å². The third-order valence-electron chi connectivity index (χ3n) is 3.10. The van der Waals surface area contributed by atoms with E-state index < -0.39 is 0 Å². The Bertz CT molecular complexity index is 515. The lowest BCUT2D eigenvalue weighted by molar-refractivity contribution is 0.405. The molecule has 2 N–H and O–H groups in total. The number of benzene rings is 2. The van der Waals surface area contributed by atoms with Crippen LogP contribution in [0.2, 0.25) is 0 Å². The Morgan fingerprint density at radius 3 is 2.33 bits per heavy atom. The van der Waals surface area contributed by atoms with Crippen LogP contribution in [-0.2, 0) is 6.42 Å². The molecular formula is C16H18O2. The maximum absolute atomic E-state index is 9.81. The third kappa shape index (κ3) is 2.65. The molecular weight excluding hydrogens is 224 g/mol. The quantitative estimate of drug-likeness (QED) is 0.792. The normalized spacial score (nSPS) is 10.5. The number of para-hydroxylation sites is 1. The van der Waals surface area contributed by atoms with E-state index >= 15 is 0 Å². The molecule has 0 radical (unpaired) electrons. The highest BCUT2D eigenvalue weighted by Crippen LogP contribution is 2.35. The van der Waals surface area contributed by atoms with Crippen LogP contribution in [0.5, 0.6) is 11.5 Å². The second-order valence-corrected chi connectivity index (χ2v) is 4.47. The van der Waals surface area contributed by atoms with Crippen molar-refractivity contribution < 1.29 is 10.2 Å². The monoisotopic (exact) mass is 242 g/mol. The standard InChI is InChI=1S/C16H18O2/c1-2-3-5-12-8-10-13(11-9-12)14-6-4-7-15(17)16(14)18/h4,6-11,17-18H,2-3,5H2,1H3. The molecule has 0 amide bonds. The van der Waals surface area contributed by atoms with Crippen LogP contribution in [0, 0.1) is 0 Å². The third-order valence-corrected chi connectivity index (χ3v) is 3.10. The first-order valence-corrected chi connectivity index (χ1v) is 6.32. The summed E-state index contributed by atoms with van der Waals surface area (Å²) in [5, 5.41) is 19.3. The summed E-state index contributed by atoms with van der Waals surface area (Å²) in [5.41, 5.74) is 2.89. The molecule has 0 bridgehead atoms.